The lowest BCUT2D eigenvalue weighted by molar-refractivity contribution is -0.192. The average Bonchev–Trinajstić information content (AvgIpc) is 2.73. The number of halogens is 3. The van der Waals surface area contributed by atoms with E-state index in [1.54, 1.807) is 13.3 Å². The number of nitrogens with zero attached hydrogens (tertiary/aromatic N) is 2. The molecule has 1 N–H and O–H groups in total. The van der Waals surface area contributed by atoms with Gasteiger partial charge in [-0.2, -0.15) is 13.2 Å². The number of ether oxygens (including phenoxy) is 1. The zero-order valence-corrected chi connectivity index (χ0v) is 17.3. The van der Waals surface area contributed by atoms with Crippen LogP contribution in [0, 0.1) is 12.8 Å². The van der Waals surface area contributed by atoms with Gasteiger partial charge < -0.3 is 14.7 Å². The topological polar surface area (TPSA) is 79.7 Å². The summed E-state index contributed by atoms with van der Waals surface area (Å²) in [6.07, 6.45) is -1.40. The number of methoxy groups -OCH3 is 1. The summed E-state index contributed by atoms with van der Waals surface area (Å²) in [5, 5.41) is 7.12. The van der Waals surface area contributed by atoms with Crippen molar-refractivity contribution in [2.75, 3.05) is 20.2 Å². The Morgan fingerprint density at radius 1 is 1.23 bits per heavy atom. The quantitative estimate of drug-likeness (QED) is 0.787. The summed E-state index contributed by atoms with van der Waals surface area (Å²) in [5.74, 6) is -2.43. The number of likely N-dealkylation sites (tertiary alicyclic amines) is 1. The van der Waals surface area contributed by atoms with Crippen LogP contribution in [0.2, 0.25) is 0 Å². The van der Waals surface area contributed by atoms with Crippen LogP contribution in [0.3, 0.4) is 0 Å². The molecule has 31 heavy (non-hydrogen) atoms. The summed E-state index contributed by atoms with van der Waals surface area (Å²) in [4.78, 5) is 27.8. The second-order valence-electron chi connectivity index (χ2n) is 7.29. The van der Waals surface area contributed by atoms with Crippen LogP contribution in [0.4, 0.5) is 13.2 Å². The van der Waals surface area contributed by atoms with E-state index in [0.717, 1.165) is 24.9 Å². The van der Waals surface area contributed by atoms with Crippen LogP contribution >= 0.6 is 0 Å². The van der Waals surface area contributed by atoms with E-state index in [-0.39, 0.29) is 12.0 Å². The molecule has 1 aliphatic rings. The Bertz CT molecular complexity index is 875. The first kappa shape index (κ1) is 24.3. The van der Waals surface area contributed by atoms with Crippen molar-refractivity contribution in [2.24, 2.45) is 5.92 Å². The van der Waals surface area contributed by atoms with Crippen LogP contribution in [0.15, 0.2) is 48.7 Å². The number of aryl methyl sites for hydroxylation is 1. The van der Waals surface area contributed by atoms with E-state index in [2.05, 4.69) is 29.2 Å². The highest BCUT2D eigenvalue weighted by Gasteiger charge is 2.38. The first-order valence-electron chi connectivity index (χ1n) is 9.70. The standard InChI is InChI=1S/C20H24N2O2.C2HF3O2/c1-15-8-10-21-18(12-15)20(23)22-11-9-19(24-2)17(14-22)13-16-6-4-3-5-7-16;3-2(4,5)1(6)7/h3-8,10,12,17,19H,9,11,13-14H2,1-2H3;(H,6,7)/t17-,19-;/m0./s1. The lowest BCUT2D eigenvalue weighted by Crippen LogP contribution is -2.47. The minimum atomic E-state index is -5.08. The molecule has 1 amide bonds. The zero-order chi connectivity index (χ0) is 23.0. The molecular formula is C22H25F3N2O4. The van der Waals surface area contributed by atoms with E-state index >= 15 is 0 Å². The smallest absolute Gasteiger partial charge is 0.475 e. The van der Waals surface area contributed by atoms with Gasteiger partial charge in [-0.1, -0.05) is 30.3 Å². The van der Waals surface area contributed by atoms with Crippen molar-refractivity contribution in [1.82, 2.24) is 9.88 Å². The number of rotatable bonds is 4. The Morgan fingerprint density at radius 3 is 2.42 bits per heavy atom. The fraction of sp³-hybridized carbons (Fsp3) is 0.409. The number of carboxylic acids is 1. The average molecular weight is 438 g/mol. The van der Waals surface area contributed by atoms with Crippen molar-refractivity contribution >= 4 is 11.9 Å². The molecule has 6 nitrogen and oxygen atoms in total. The van der Waals surface area contributed by atoms with E-state index < -0.39 is 12.1 Å². The SMILES string of the molecule is CO[C@H]1CCN(C(=O)c2cc(C)ccn2)C[C@@H]1Cc1ccccc1.O=C(O)C(F)(F)F. The molecular weight excluding hydrogens is 413 g/mol. The molecule has 9 heteroatoms. The van der Waals surface area contributed by atoms with Crippen LogP contribution in [0.5, 0.6) is 0 Å². The summed E-state index contributed by atoms with van der Waals surface area (Å²) in [7, 11) is 1.77. The van der Waals surface area contributed by atoms with E-state index in [0.29, 0.717) is 18.2 Å². The molecule has 2 atom stereocenters. The maximum Gasteiger partial charge on any atom is 0.490 e. The first-order valence-corrected chi connectivity index (χ1v) is 9.70. The van der Waals surface area contributed by atoms with Gasteiger partial charge in [-0.15, -0.1) is 0 Å². The fourth-order valence-electron chi connectivity index (χ4n) is 3.43. The Kier molecular flexibility index (Phi) is 8.56. The third-order valence-electron chi connectivity index (χ3n) is 4.97. The molecule has 0 radical (unpaired) electrons. The van der Waals surface area contributed by atoms with Crippen LogP contribution in [-0.2, 0) is 16.0 Å². The number of amides is 1. The predicted octanol–water partition coefficient (Wildman–Crippen LogP) is 3.74. The molecule has 0 saturated carbocycles. The summed E-state index contributed by atoms with van der Waals surface area (Å²) >= 11 is 0. The highest BCUT2D eigenvalue weighted by Crippen LogP contribution is 2.24. The lowest BCUT2D eigenvalue weighted by Gasteiger charge is -2.38. The van der Waals surface area contributed by atoms with Crippen molar-refractivity contribution < 1.29 is 32.6 Å². The van der Waals surface area contributed by atoms with E-state index in [9.17, 15) is 18.0 Å². The van der Waals surface area contributed by atoms with Crippen molar-refractivity contribution in [2.45, 2.75) is 32.0 Å². The van der Waals surface area contributed by atoms with E-state index in [4.69, 9.17) is 14.6 Å². The number of carbonyl (C=O) groups excluding carboxylic acids is 1. The van der Waals surface area contributed by atoms with Crippen LogP contribution in [0.1, 0.15) is 28.0 Å². The summed E-state index contributed by atoms with van der Waals surface area (Å²) < 4.78 is 37.4. The number of alkyl halides is 3. The van der Waals surface area contributed by atoms with E-state index in [1.165, 1.54) is 5.56 Å². The Labute approximate surface area is 178 Å². The summed E-state index contributed by atoms with van der Waals surface area (Å²) in [5.41, 5.74) is 2.87. The normalized spacial score (nSPS) is 18.7. The van der Waals surface area contributed by atoms with Crippen molar-refractivity contribution in [3.8, 4) is 0 Å². The predicted molar refractivity (Wildman–Crippen MR) is 108 cm³/mol. The monoisotopic (exact) mass is 438 g/mol. The second-order valence-corrected chi connectivity index (χ2v) is 7.29. The van der Waals surface area contributed by atoms with Gasteiger partial charge in [-0.25, -0.2) is 4.79 Å². The summed E-state index contributed by atoms with van der Waals surface area (Å²) in [6.45, 7) is 3.41. The molecule has 1 aromatic carbocycles. The maximum atomic E-state index is 12.8. The Balaban J connectivity index is 0.000000423. The minimum absolute atomic E-state index is 0.0197. The number of pyridine rings is 1. The highest BCUT2D eigenvalue weighted by atomic mass is 19.4. The molecule has 0 spiro atoms. The van der Waals surface area contributed by atoms with Crippen LogP contribution in [-0.4, -0.2) is 59.3 Å². The minimum Gasteiger partial charge on any atom is -0.475 e. The number of piperidine rings is 1. The van der Waals surface area contributed by atoms with Gasteiger partial charge >= 0.3 is 12.1 Å². The Morgan fingerprint density at radius 2 is 1.87 bits per heavy atom. The molecule has 1 aromatic heterocycles. The molecule has 1 aliphatic heterocycles. The molecule has 0 unspecified atom stereocenters. The lowest BCUT2D eigenvalue weighted by atomic mass is 9.88. The highest BCUT2D eigenvalue weighted by molar-refractivity contribution is 5.92. The molecule has 0 aliphatic carbocycles. The third-order valence-corrected chi connectivity index (χ3v) is 4.97. The third kappa shape index (κ3) is 7.36. The van der Waals surface area contributed by atoms with Crippen molar-refractivity contribution in [3.05, 3.63) is 65.5 Å². The van der Waals surface area contributed by atoms with Gasteiger partial charge in [0.2, 0.25) is 0 Å². The Hall–Kier alpha value is -2.94. The molecule has 2 heterocycles. The van der Waals surface area contributed by atoms with Gasteiger partial charge in [0.1, 0.15) is 5.69 Å². The van der Waals surface area contributed by atoms with E-state index in [1.807, 2.05) is 30.0 Å². The number of hydrogen-bond donors (Lipinski definition) is 1. The number of hydrogen-bond acceptors (Lipinski definition) is 4. The van der Waals surface area contributed by atoms with Gasteiger partial charge in [0.15, 0.2) is 0 Å². The number of benzene rings is 1. The van der Waals surface area contributed by atoms with Gasteiger partial charge in [0.25, 0.3) is 5.91 Å². The van der Waals surface area contributed by atoms with Crippen LogP contribution < -0.4 is 0 Å². The second kappa shape index (κ2) is 10.9. The maximum absolute atomic E-state index is 12.8. The molecule has 2 aromatic rings. The van der Waals surface area contributed by atoms with Crippen LogP contribution in [0.25, 0.3) is 0 Å². The van der Waals surface area contributed by atoms with Gasteiger partial charge in [-0.3, -0.25) is 9.78 Å². The molecule has 1 saturated heterocycles. The molecule has 3 rings (SSSR count). The molecule has 0 bridgehead atoms. The van der Waals surface area contributed by atoms with Gasteiger partial charge in [0.05, 0.1) is 6.10 Å². The number of aromatic nitrogens is 1. The molecule has 1 fully saturated rings. The van der Waals surface area contributed by atoms with Gasteiger partial charge in [0, 0.05) is 32.3 Å². The van der Waals surface area contributed by atoms with Gasteiger partial charge in [-0.05, 0) is 43.0 Å². The molecule has 168 valence electrons. The number of carboxylic acid groups (broad SMARTS) is 1. The first-order chi connectivity index (χ1) is 14.6. The fourth-order valence-corrected chi connectivity index (χ4v) is 3.43. The largest absolute Gasteiger partial charge is 0.490 e. The summed E-state index contributed by atoms with van der Waals surface area (Å²) in [6, 6.07) is 14.2. The van der Waals surface area contributed by atoms with Crippen molar-refractivity contribution in [3.63, 3.8) is 0 Å². The van der Waals surface area contributed by atoms with Crippen molar-refractivity contribution in [1.29, 1.82) is 0 Å². The number of aliphatic carboxylic acids is 1. The zero-order valence-electron chi connectivity index (χ0n) is 17.3. The number of carbonyl (C=O) groups is 2.